The van der Waals surface area contributed by atoms with E-state index in [1.165, 1.54) is 5.56 Å². The molecule has 2 aliphatic heterocycles. The van der Waals surface area contributed by atoms with Crippen LogP contribution in [-0.4, -0.2) is 49.6 Å². The molecule has 0 aliphatic carbocycles. The van der Waals surface area contributed by atoms with Crippen molar-refractivity contribution < 1.29 is 14.3 Å². The van der Waals surface area contributed by atoms with Gasteiger partial charge in [0.05, 0.1) is 18.9 Å². The van der Waals surface area contributed by atoms with Crippen LogP contribution in [0.4, 0.5) is 5.69 Å². The Kier molecular flexibility index (Phi) is 5.40. The molecule has 3 aromatic rings. The predicted octanol–water partition coefficient (Wildman–Crippen LogP) is 2.95. The second kappa shape index (κ2) is 8.49. The third kappa shape index (κ3) is 4.04. The maximum atomic E-state index is 12.8. The van der Waals surface area contributed by atoms with E-state index in [9.17, 15) is 9.59 Å². The van der Waals surface area contributed by atoms with Crippen molar-refractivity contribution in [3.8, 4) is 0 Å². The quantitative estimate of drug-likeness (QED) is 0.673. The van der Waals surface area contributed by atoms with Crippen LogP contribution in [0.5, 0.6) is 0 Å². The van der Waals surface area contributed by atoms with Crippen molar-refractivity contribution in [1.29, 1.82) is 0 Å². The van der Waals surface area contributed by atoms with Gasteiger partial charge in [-0.25, -0.2) is 0 Å². The normalized spacial score (nSPS) is 16.1. The molecule has 31 heavy (non-hydrogen) atoms. The Morgan fingerprint density at radius 3 is 2.42 bits per heavy atom. The Morgan fingerprint density at radius 2 is 1.65 bits per heavy atom. The highest BCUT2D eigenvalue weighted by Gasteiger charge is 2.30. The third-order valence-corrected chi connectivity index (χ3v) is 5.97. The zero-order valence-corrected chi connectivity index (χ0v) is 17.3. The molecule has 0 aromatic heterocycles. The molecule has 3 aromatic carbocycles. The molecule has 2 aliphatic rings. The van der Waals surface area contributed by atoms with Gasteiger partial charge in [0.2, 0.25) is 5.91 Å². The summed E-state index contributed by atoms with van der Waals surface area (Å²) in [6.07, 6.45) is 0. The largest absolute Gasteiger partial charge is 0.379 e. The summed E-state index contributed by atoms with van der Waals surface area (Å²) >= 11 is 0. The standard InChI is InChI=1S/C25H25N3O3/c29-23(17-28-22-6-2-4-20-3-1-5-21(24(20)22)25(28)30)26-15-18-7-9-19(10-8-18)16-27-11-13-31-14-12-27/h1-10H,11-17H2,(H,26,29). The third-order valence-electron chi connectivity index (χ3n) is 5.97. The number of morpholine rings is 1. The number of carbonyl (C=O) groups excluding carboxylic acids is 2. The molecule has 0 bridgehead atoms. The Hall–Kier alpha value is -3.22. The maximum Gasteiger partial charge on any atom is 0.259 e. The number of carbonyl (C=O) groups is 2. The molecule has 0 unspecified atom stereocenters. The number of nitrogens with zero attached hydrogens (tertiary/aromatic N) is 2. The van der Waals surface area contributed by atoms with Crippen molar-refractivity contribution >= 4 is 28.3 Å². The van der Waals surface area contributed by atoms with Gasteiger partial charge >= 0.3 is 0 Å². The van der Waals surface area contributed by atoms with E-state index in [1.807, 2.05) is 48.5 Å². The molecule has 1 N–H and O–H groups in total. The molecule has 0 atom stereocenters. The summed E-state index contributed by atoms with van der Waals surface area (Å²) in [5, 5.41) is 4.89. The van der Waals surface area contributed by atoms with Crippen molar-refractivity contribution in [1.82, 2.24) is 10.2 Å². The average molecular weight is 415 g/mol. The fourth-order valence-electron chi connectivity index (χ4n) is 4.32. The minimum atomic E-state index is -0.171. The van der Waals surface area contributed by atoms with Crippen LogP contribution < -0.4 is 10.2 Å². The molecular weight excluding hydrogens is 390 g/mol. The van der Waals surface area contributed by atoms with E-state index < -0.39 is 0 Å². The Labute approximate surface area is 181 Å². The second-order valence-electron chi connectivity index (χ2n) is 8.05. The SMILES string of the molecule is O=C(CN1C(=O)c2cccc3cccc1c23)NCc1ccc(CN2CCOCC2)cc1. The molecule has 6 nitrogen and oxygen atoms in total. The van der Waals surface area contributed by atoms with E-state index in [-0.39, 0.29) is 18.4 Å². The van der Waals surface area contributed by atoms with Crippen LogP contribution in [0.2, 0.25) is 0 Å². The molecule has 1 saturated heterocycles. The van der Waals surface area contributed by atoms with Crippen LogP contribution in [0.1, 0.15) is 21.5 Å². The van der Waals surface area contributed by atoms with Gasteiger partial charge < -0.3 is 10.1 Å². The number of ether oxygens (including phenoxy) is 1. The van der Waals surface area contributed by atoms with Gasteiger partial charge in [-0.1, -0.05) is 48.5 Å². The van der Waals surface area contributed by atoms with Gasteiger partial charge in [0, 0.05) is 37.1 Å². The molecule has 0 spiro atoms. The minimum absolute atomic E-state index is 0.0156. The van der Waals surface area contributed by atoms with Gasteiger partial charge in [0.25, 0.3) is 5.91 Å². The summed E-state index contributed by atoms with van der Waals surface area (Å²) in [5.41, 5.74) is 3.76. The lowest BCUT2D eigenvalue weighted by atomic mass is 10.1. The molecule has 6 heteroatoms. The number of benzene rings is 3. The second-order valence-corrected chi connectivity index (χ2v) is 8.05. The van der Waals surface area contributed by atoms with E-state index >= 15 is 0 Å². The molecule has 0 saturated carbocycles. The highest BCUT2D eigenvalue weighted by atomic mass is 16.5. The summed E-state index contributed by atoms with van der Waals surface area (Å²) in [6, 6.07) is 19.8. The first-order valence-corrected chi connectivity index (χ1v) is 10.7. The van der Waals surface area contributed by atoms with Crippen LogP contribution in [0, 0.1) is 0 Å². The number of nitrogens with one attached hydrogen (secondary N) is 1. The minimum Gasteiger partial charge on any atom is -0.379 e. The number of rotatable bonds is 6. The molecule has 5 rings (SSSR count). The van der Waals surface area contributed by atoms with Crippen molar-refractivity contribution in [2.24, 2.45) is 0 Å². The summed E-state index contributed by atoms with van der Waals surface area (Å²) in [7, 11) is 0. The van der Waals surface area contributed by atoms with Gasteiger partial charge in [0.15, 0.2) is 0 Å². The van der Waals surface area contributed by atoms with Crippen molar-refractivity contribution in [2.75, 3.05) is 37.7 Å². The topological polar surface area (TPSA) is 61.9 Å². The fourth-order valence-corrected chi connectivity index (χ4v) is 4.32. The monoisotopic (exact) mass is 415 g/mol. The smallest absolute Gasteiger partial charge is 0.259 e. The molecule has 0 radical (unpaired) electrons. The average Bonchev–Trinajstić information content (AvgIpc) is 3.07. The summed E-state index contributed by atoms with van der Waals surface area (Å²) < 4.78 is 5.39. The molecule has 158 valence electrons. The lowest BCUT2D eigenvalue weighted by Crippen LogP contribution is -2.38. The Balaban J connectivity index is 1.18. The first-order chi connectivity index (χ1) is 15.2. The van der Waals surface area contributed by atoms with Crippen LogP contribution in [-0.2, 0) is 22.6 Å². The van der Waals surface area contributed by atoms with Gasteiger partial charge in [-0.15, -0.1) is 0 Å². The summed E-state index contributed by atoms with van der Waals surface area (Å²) in [6.45, 7) is 4.89. The van der Waals surface area contributed by atoms with E-state index in [0.717, 1.165) is 54.9 Å². The zero-order chi connectivity index (χ0) is 21.2. The van der Waals surface area contributed by atoms with Gasteiger partial charge in [-0.2, -0.15) is 0 Å². The van der Waals surface area contributed by atoms with E-state index in [0.29, 0.717) is 12.1 Å². The summed E-state index contributed by atoms with van der Waals surface area (Å²) in [4.78, 5) is 29.4. The van der Waals surface area contributed by atoms with E-state index in [4.69, 9.17) is 4.74 Å². The highest BCUT2D eigenvalue weighted by molar-refractivity contribution is 6.26. The van der Waals surface area contributed by atoms with Gasteiger partial charge in [-0.3, -0.25) is 19.4 Å². The van der Waals surface area contributed by atoms with E-state index in [1.54, 1.807) is 4.90 Å². The summed E-state index contributed by atoms with van der Waals surface area (Å²) in [5.74, 6) is -0.287. The number of anilines is 1. The zero-order valence-electron chi connectivity index (χ0n) is 17.3. The van der Waals surface area contributed by atoms with Gasteiger partial charge in [0.1, 0.15) is 6.54 Å². The molecule has 1 fully saturated rings. The fraction of sp³-hybridized carbons (Fsp3) is 0.280. The van der Waals surface area contributed by atoms with Crippen LogP contribution in [0.15, 0.2) is 60.7 Å². The Bertz CT molecular complexity index is 1120. The Morgan fingerprint density at radius 1 is 0.935 bits per heavy atom. The first kappa shape index (κ1) is 19.7. The number of hydrogen-bond donors (Lipinski definition) is 1. The highest BCUT2D eigenvalue weighted by Crippen LogP contribution is 2.36. The van der Waals surface area contributed by atoms with Crippen molar-refractivity contribution in [2.45, 2.75) is 13.1 Å². The maximum absolute atomic E-state index is 12.8. The molecule has 2 heterocycles. The van der Waals surface area contributed by atoms with E-state index in [2.05, 4.69) is 22.3 Å². The number of amides is 2. The molecular formula is C25H25N3O3. The van der Waals surface area contributed by atoms with Gasteiger partial charge in [-0.05, 0) is 28.6 Å². The lowest BCUT2D eigenvalue weighted by molar-refractivity contribution is -0.119. The van der Waals surface area contributed by atoms with Crippen LogP contribution in [0.3, 0.4) is 0 Å². The first-order valence-electron chi connectivity index (χ1n) is 10.7. The van der Waals surface area contributed by atoms with Crippen LogP contribution >= 0.6 is 0 Å². The van der Waals surface area contributed by atoms with Crippen molar-refractivity contribution in [3.63, 3.8) is 0 Å². The lowest BCUT2D eigenvalue weighted by Gasteiger charge is -2.26. The predicted molar refractivity (Wildman–Crippen MR) is 120 cm³/mol. The number of hydrogen-bond acceptors (Lipinski definition) is 4. The molecule has 2 amide bonds. The van der Waals surface area contributed by atoms with Crippen LogP contribution in [0.25, 0.3) is 10.8 Å². The van der Waals surface area contributed by atoms with Crippen molar-refractivity contribution in [3.05, 3.63) is 77.4 Å².